The summed E-state index contributed by atoms with van der Waals surface area (Å²) in [5.41, 5.74) is 1.90. The van der Waals surface area contributed by atoms with Crippen LogP contribution in [0.1, 0.15) is 17.0 Å². The Bertz CT molecular complexity index is 658. The molecule has 0 bridgehead atoms. The summed E-state index contributed by atoms with van der Waals surface area (Å²) in [4.78, 5) is 8.02. The van der Waals surface area contributed by atoms with Gasteiger partial charge in [-0.2, -0.15) is 18.2 Å². The van der Waals surface area contributed by atoms with Gasteiger partial charge in [-0.05, 0) is 26.0 Å². The van der Waals surface area contributed by atoms with Crippen molar-refractivity contribution < 1.29 is 17.9 Å². The largest absolute Gasteiger partial charge is 0.438 e. The van der Waals surface area contributed by atoms with Crippen LogP contribution in [0.25, 0.3) is 0 Å². The molecule has 21 heavy (non-hydrogen) atoms. The minimum Gasteiger partial charge on any atom is -0.438 e. The number of hydrazine groups is 1. The molecule has 1 aromatic heterocycles. The van der Waals surface area contributed by atoms with Crippen LogP contribution >= 0.6 is 0 Å². The number of para-hydroxylation sites is 1. The first-order chi connectivity index (χ1) is 9.82. The average molecular weight is 298 g/mol. The van der Waals surface area contributed by atoms with Crippen LogP contribution in [0.5, 0.6) is 11.6 Å². The molecule has 0 aliphatic heterocycles. The van der Waals surface area contributed by atoms with E-state index in [2.05, 4.69) is 15.4 Å². The third kappa shape index (κ3) is 3.22. The van der Waals surface area contributed by atoms with Crippen LogP contribution in [-0.4, -0.2) is 9.97 Å². The molecule has 0 atom stereocenters. The number of nitrogens with one attached hydrogen (secondary N) is 1. The molecular formula is C13H13F3N4O. The summed E-state index contributed by atoms with van der Waals surface area (Å²) in [6, 6.07) is 4.92. The van der Waals surface area contributed by atoms with Gasteiger partial charge in [0.2, 0.25) is 5.88 Å². The van der Waals surface area contributed by atoms with Crippen LogP contribution in [0.15, 0.2) is 24.3 Å². The van der Waals surface area contributed by atoms with Crippen molar-refractivity contribution >= 4 is 5.82 Å². The zero-order valence-electron chi connectivity index (χ0n) is 11.3. The normalized spacial score (nSPS) is 11.3. The van der Waals surface area contributed by atoms with E-state index in [-0.39, 0.29) is 11.6 Å². The summed E-state index contributed by atoms with van der Waals surface area (Å²) in [7, 11) is 0. The van der Waals surface area contributed by atoms with Crippen LogP contribution in [0, 0.1) is 13.8 Å². The lowest BCUT2D eigenvalue weighted by Gasteiger charge is -2.15. The molecule has 0 aliphatic rings. The number of hydrogen-bond acceptors (Lipinski definition) is 5. The lowest BCUT2D eigenvalue weighted by molar-refractivity contribution is -0.138. The molecule has 0 unspecified atom stereocenters. The maximum Gasteiger partial charge on any atom is 0.419 e. The van der Waals surface area contributed by atoms with E-state index in [1.807, 2.05) is 0 Å². The maximum absolute atomic E-state index is 12.9. The van der Waals surface area contributed by atoms with Gasteiger partial charge in [0.25, 0.3) is 0 Å². The van der Waals surface area contributed by atoms with Gasteiger partial charge in [0.15, 0.2) is 0 Å². The second-order valence-electron chi connectivity index (χ2n) is 4.29. The van der Waals surface area contributed by atoms with E-state index < -0.39 is 11.7 Å². The fourth-order valence-corrected chi connectivity index (χ4v) is 1.74. The maximum atomic E-state index is 12.9. The number of nitrogens with two attached hydrogens (primary N) is 1. The lowest BCUT2D eigenvalue weighted by atomic mass is 10.2. The number of nitrogens with zero attached hydrogens (tertiary/aromatic N) is 2. The van der Waals surface area contributed by atoms with Crippen LogP contribution in [0.2, 0.25) is 0 Å². The van der Waals surface area contributed by atoms with Crippen LogP contribution in [-0.2, 0) is 6.18 Å². The summed E-state index contributed by atoms with van der Waals surface area (Å²) >= 11 is 0. The predicted molar refractivity (Wildman–Crippen MR) is 70.8 cm³/mol. The quantitative estimate of drug-likeness (QED) is 0.672. The number of ether oxygens (including phenoxy) is 1. The summed E-state index contributed by atoms with van der Waals surface area (Å²) in [5.74, 6) is 5.62. The van der Waals surface area contributed by atoms with Gasteiger partial charge in [0.1, 0.15) is 17.4 Å². The van der Waals surface area contributed by atoms with E-state index in [0.717, 1.165) is 6.07 Å². The highest BCUT2D eigenvalue weighted by molar-refractivity contribution is 5.49. The predicted octanol–water partition coefficient (Wildman–Crippen LogP) is 3.19. The number of benzene rings is 1. The Labute approximate surface area is 118 Å². The molecule has 1 aromatic carbocycles. The smallest absolute Gasteiger partial charge is 0.419 e. The third-order valence-corrected chi connectivity index (χ3v) is 2.75. The molecule has 112 valence electrons. The summed E-state index contributed by atoms with van der Waals surface area (Å²) in [6.07, 6.45) is -4.51. The number of halogens is 3. The Morgan fingerprint density at radius 2 is 1.81 bits per heavy atom. The minimum atomic E-state index is -4.51. The zero-order chi connectivity index (χ0) is 15.6. The topological polar surface area (TPSA) is 73.1 Å². The average Bonchev–Trinajstić information content (AvgIpc) is 2.42. The molecule has 0 fully saturated rings. The zero-order valence-corrected chi connectivity index (χ0v) is 11.3. The SMILES string of the molecule is Cc1nc(NN)c(C)c(Oc2ccccc2C(F)(F)F)n1. The van der Waals surface area contributed by atoms with E-state index in [1.54, 1.807) is 13.8 Å². The van der Waals surface area contributed by atoms with Gasteiger partial charge in [-0.3, -0.25) is 0 Å². The Kier molecular flexibility index (Phi) is 3.99. The van der Waals surface area contributed by atoms with Crippen molar-refractivity contribution in [3.63, 3.8) is 0 Å². The first kappa shape index (κ1) is 15.0. The molecule has 5 nitrogen and oxygen atoms in total. The van der Waals surface area contributed by atoms with Gasteiger partial charge >= 0.3 is 6.18 Å². The molecule has 0 radical (unpaired) electrons. The molecule has 0 spiro atoms. The van der Waals surface area contributed by atoms with E-state index in [0.29, 0.717) is 17.2 Å². The van der Waals surface area contributed by atoms with Crippen molar-refractivity contribution in [3.8, 4) is 11.6 Å². The first-order valence-corrected chi connectivity index (χ1v) is 5.99. The Morgan fingerprint density at radius 3 is 2.43 bits per heavy atom. The fraction of sp³-hybridized carbons (Fsp3) is 0.231. The first-order valence-electron chi connectivity index (χ1n) is 5.99. The van der Waals surface area contributed by atoms with Gasteiger partial charge < -0.3 is 10.2 Å². The highest BCUT2D eigenvalue weighted by Gasteiger charge is 2.34. The second-order valence-corrected chi connectivity index (χ2v) is 4.29. The number of alkyl halides is 3. The fourth-order valence-electron chi connectivity index (χ4n) is 1.74. The summed E-state index contributed by atoms with van der Waals surface area (Å²) < 4.78 is 44.1. The van der Waals surface area contributed by atoms with Crippen LogP contribution < -0.4 is 16.0 Å². The van der Waals surface area contributed by atoms with Crippen molar-refractivity contribution in [2.45, 2.75) is 20.0 Å². The van der Waals surface area contributed by atoms with E-state index in [1.165, 1.54) is 18.2 Å². The molecular weight excluding hydrogens is 285 g/mol. The molecule has 2 rings (SSSR count). The van der Waals surface area contributed by atoms with Gasteiger partial charge in [-0.15, -0.1) is 0 Å². The third-order valence-electron chi connectivity index (χ3n) is 2.75. The van der Waals surface area contributed by atoms with Gasteiger partial charge in [0.05, 0.1) is 11.1 Å². The molecule has 0 saturated heterocycles. The van der Waals surface area contributed by atoms with E-state index in [9.17, 15) is 13.2 Å². The number of anilines is 1. The van der Waals surface area contributed by atoms with E-state index in [4.69, 9.17) is 10.6 Å². The van der Waals surface area contributed by atoms with Crippen molar-refractivity contribution in [3.05, 3.63) is 41.2 Å². The number of hydrogen-bond donors (Lipinski definition) is 2. The standard InChI is InChI=1S/C13H13F3N4O/c1-7-11(20-17)18-8(2)19-12(7)21-10-6-4-3-5-9(10)13(14,15)16/h3-6H,17H2,1-2H3,(H,18,19,20). The highest BCUT2D eigenvalue weighted by Crippen LogP contribution is 2.38. The molecule has 0 amide bonds. The van der Waals surface area contributed by atoms with Crippen LogP contribution in [0.4, 0.5) is 19.0 Å². The molecule has 0 saturated carbocycles. The molecule has 0 aliphatic carbocycles. The molecule has 3 N–H and O–H groups in total. The highest BCUT2D eigenvalue weighted by atomic mass is 19.4. The Morgan fingerprint density at radius 1 is 1.14 bits per heavy atom. The van der Waals surface area contributed by atoms with Gasteiger partial charge in [-0.1, -0.05) is 12.1 Å². The number of rotatable bonds is 3. The summed E-state index contributed by atoms with van der Waals surface area (Å²) in [6.45, 7) is 3.18. The van der Waals surface area contributed by atoms with Gasteiger partial charge in [0, 0.05) is 0 Å². The number of nitrogen functional groups attached to an aromatic ring is 1. The second kappa shape index (κ2) is 5.57. The van der Waals surface area contributed by atoms with Crippen molar-refractivity contribution in [1.82, 2.24) is 9.97 Å². The lowest BCUT2D eigenvalue weighted by Crippen LogP contribution is -2.13. The minimum absolute atomic E-state index is 0.0205. The Hall–Kier alpha value is -2.35. The van der Waals surface area contributed by atoms with E-state index >= 15 is 0 Å². The molecule has 1 heterocycles. The summed E-state index contributed by atoms with van der Waals surface area (Å²) in [5, 5.41) is 0. The monoisotopic (exact) mass is 298 g/mol. The molecule has 2 aromatic rings. The van der Waals surface area contributed by atoms with Crippen LogP contribution in [0.3, 0.4) is 0 Å². The number of aryl methyl sites for hydroxylation is 1. The number of aromatic nitrogens is 2. The Balaban J connectivity index is 2.47. The van der Waals surface area contributed by atoms with Gasteiger partial charge in [-0.25, -0.2) is 10.8 Å². The molecule has 8 heteroatoms. The van der Waals surface area contributed by atoms with Crippen molar-refractivity contribution in [2.75, 3.05) is 5.43 Å². The van der Waals surface area contributed by atoms with Crippen molar-refractivity contribution in [1.29, 1.82) is 0 Å². The van der Waals surface area contributed by atoms with Crippen molar-refractivity contribution in [2.24, 2.45) is 5.84 Å².